The van der Waals surface area contributed by atoms with Gasteiger partial charge in [0.25, 0.3) is 0 Å². The second-order valence-electron chi connectivity index (χ2n) is 5.16. The number of nitrogens with zero attached hydrogens (tertiary/aromatic N) is 1. The summed E-state index contributed by atoms with van der Waals surface area (Å²) in [6, 6.07) is 7.36. The van der Waals surface area contributed by atoms with Gasteiger partial charge in [0.05, 0.1) is 16.0 Å². The third-order valence-electron chi connectivity index (χ3n) is 3.25. The van der Waals surface area contributed by atoms with Crippen LogP contribution < -0.4 is 51.4 Å². The van der Waals surface area contributed by atoms with Gasteiger partial charge in [-0.1, -0.05) is 17.7 Å². The van der Waals surface area contributed by atoms with Gasteiger partial charge >= 0.3 is 63.3 Å². The maximum Gasteiger partial charge on any atom is 1.00 e. The first-order valence-electron chi connectivity index (χ1n) is 6.85. The number of carboxylic acids is 2. The van der Waals surface area contributed by atoms with Crippen molar-refractivity contribution in [3.8, 4) is 0 Å². The van der Waals surface area contributed by atoms with Crippen LogP contribution in [0.1, 0.15) is 26.3 Å². The molecule has 0 fully saturated rings. The summed E-state index contributed by atoms with van der Waals surface area (Å²) in [4.78, 5) is 20.9. The Labute approximate surface area is 197 Å². The second kappa shape index (κ2) is 8.92. The maximum absolute atomic E-state index is 12.3. The minimum absolute atomic E-state index is 0. The van der Waals surface area contributed by atoms with Crippen molar-refractivity contribution < 1.29 is 88.0 Å². The molecule has 0 radical (unpaired) electrons. The first-order valence-corrected chi connectivity index (χ1v) is 9.74. The molecule has 0 spiro atoms. The smallest absolute Gasteiger partial charge is 0.478 e. The van der Waals surface area contributed by atoms with Crippen molar-refractivity contribution in [2.24, 2.45) is 0 Å². The van der Waals surface area contributed by atoms with Crippen molar-refractivity contribution in [3.05, 3.63) is 63.3 Å². The molecule has 0 saturated carbocycles. The summed E-state index contributed by atoms with van der Waals surface area (Å²) in [6.45, 7) is 1.70. The molecule has 0 heterocycles. The molecule has 9 nitrogen and oxygen atoms in total. The van der Waals surface area contributed by atoms with Crippen LogP contribution in [0.5, 0.6) is 0 Å². The van der Waals surface area contributed by atoms with E-state index in [1.54, 1.807) is 6.92 Å². The van der Waals surface area contributed by atoms with Gasteiger partial charge in [-0.05, 0) is 37.3 Å². The Kier molecular flexibility index (Phi) is 7.90. The van der Waals surface area contributed by atoms with E-state index in [-0.39, 0.29) is 56.3 Å². The average Bonchev–Trinajstić information content (AvgIpc) is 2.53. The van der Waals surface area contributed by atoms with E-state index in [0.29, 0.717) is 12.1 Å². The van der Waals surface area contributed by atoms with Crippen molar-refractivity contribution in [3.63, 3.8) is 0 Å². The topological polar surface area (TPSA) is 157 Å². The first-order chi connectivity index (χ1) is 11.9. The summed E-state index contributed by atoms with van der Waals surface area (Å²) in [7, 11) is -9.56. The van der Waals surface area contributed by atoms with Gasteiger partial charge in [0.15, 0.2) is 0 Å². The fourth-order valence-electron chi connectivity index (χ4n) is 1.98. The van der Waals surface area contributed by atoms with E-state index in [2.05, 4.69) is 4.13 Å². The summed E-state index contributed by atoms with van der Waals surface area (Å²) in [5.74, 6) is -3.21. The first kappa shape index (κ1) is 23.9. The Morgan fingerprint density at radius 1 is 0.852 bits per heavy atom. The quantitative estimate of drug-likeness (QED) is 0.536. The average molecular weight is 437 g/mol. The molecule has 2 aromatic rings. The van der Waals surface area contributed by atoms with Crippen LogP contribution in [0.3, 0.4) is 0 Å². The Morgan fingerprint density at radius 2 is 1.41 bits per heavy atom. The molecule has 0 amide bonds. The number of carbonyl (C=O) groups is 2. The van der Waals surface area contributed by atoms with Gasteiger partial charge in [0.1, 0.15) is 20.0 Å². The standard InChI is InChI=1S/C15H12NO8S2.K/c1-9-2-5-11(6-3-9)25(21,22)16-26(23,24)13-7-4-10(14(17)18)8-12(13)15(19)20;/h2-8H,1H3,(H,17,18)(H,19,20);/q-1;+1. The molecule has 0 aromatic heterocycles. The van der Waals surface area contributed by atoms with Crippen LogP contribution >= 0.6 is 0 Å². The van der Waals surface area contributed by atoms with Gasteiger partial charge in [-0.3, -0.25) is 0 Å². The van der Waals surface area contributed by atoms with E-state index < -0.39 is 48.0 Å². The van der Waals surface area contributed by atoms with Crippen LogP contribution in [-0.4, -0.2) is 39.0 Å². The van der Waals surface area contributed by atoms with Gasteiger partial charge in [0, 0.05) is 4.90 Å². The zero-order chi connectivity index (χ0) is 19.7. The Balaban J connectivity index is 0.00000364. The fraction of sp³-hybridized carbons (Fsp3) is 0.0667. The van der Waals surface area contributed by atoms with Crippen LogP contribution in [0.15, 0.2) is 52.3 Å². The van der Waals surface area contributed by atoms with Crippen molar-refractivity contribution in [1.82, 2.24) is 0 Å². The summed E-state index contributed by atoms with van der Waals surface area (Å²) in [5, 5.41) is 18.0. The van der Waals surface area contributed by atoms with E-state index in [0.717, 1.165) is 23.8 Å². The molecule has 0 aliphatic heterocycles. The number of aryl methyl sites for hydroxylation is 1. The third-order valence-corrected chi connectivity index (χ3v) is 6.60. The van der Waals surface area contributed by atoms with E-state index in [9.17, 15) is 26.4 Å². The van der Waals surface area contributed by atoms with Gasteiger partial charge in [-0.2, -0.15) is 0 Å². The molecule has 12 heteroatoms. The van der Waals surface area contributed by atoms with Crippen LogP contribution in [0, 0.1) is 6.92 Å². The number of hydrogen-bond acceptors (Lipinski definition) is 6. The van der Waals surface area contributed by atoms with Gasteiger partial charge in [-0.25, -0.2) is 26.4 Å². The summed E-state index contributed by atoms with van der Waals surface area (Å²) >= 11 is 0. The molecular weight excluding hydrogens is 425 g/mol. The number of sulfonamides is 2. The molecule has 27 heavy (non-hydrogen) atoms. The molecule has 0 atom stereocenters. The number of rotatable bonds is 6. The molecule has 2 N–H and O–H groups in total. The third kappa shape index (κ3) is 5.68. The van der Waals surface area contributed by atoms with Crippen molar-refractivity contribution >= 4 is 32.0 Å². The predicted molar refractivity (Wildman–Crippen MR) is 89.3 cm³/mol. The van der Waals surface area contributed by atoms with Crippen LogP contribution in [0.2, 0.25) is 0 Å². The minimum Gasteiger partial charge on any atom is -0.478 e. The van der Waals surface area contributed by atoms with E-state index in [1.807, 2.05) is 0 Å². The molecule has 0 aliphatic rings. The van der Waals surface area contributed by atoms with Crippen molar-refractivity contribution in [2.75, 3.05) is 0 Å². The van der Waals surface area contributed by atoms with Crippen LogP contribution in [-0.2, 0) is 20.0 Å². The molecule has 0 aliphatic carbocycles. The number of hydrogen-bond donors (Lipinski definition) is 2. The molecule has 2 rings (SSSR count). The Hall–Kier alpha value is -1.12. The summed E-state index contributed by atoms with van der Waals surface area (Å²) in [6.07, 6.45) is 0. The largest absolute Gasteiger partial charge is 1.00 e. The van der Waals surface area contributed by atoms with E-state index in [4.69, 9.17) is 10.2 Å². The maximum atomic E-state index is 12.3. The second-order valence-corrected chi connectivity index (χ2v) is 8.57. The van der Waals surface area contributed by atoms with E-state index in [1.165, 1.54) is 12.1 Å². The molecule has 0 saturated heterocycles. The normalized spacial score (nSPS) is 11.4. The van der Waals surface area contributed by atoms with E-state index >= 15 is 0 Å². The summed E-state index contributed by atoms with van der Waals surface area (Å²) < 4.78 is 51.9. The SMILES string of the molecule is Cc1ccc(S(=O)(=O)[N-]S(=O)(=O)c2ccc(C(=O)O)cc2C(=O)O)cc1.[K+]. The Morgan fingerprint density at radius 3 is 1.89 bits per heavy atom. The van der Waals surface area contributed by atoms with Gasteiger partial charge in [-0.15, -0.1) is 0 Å². The van der Waals surface area contributed by atoms with Crippen molar-refractivity contribution in [2.45, 2.75) is 16.7 Å². The predicted octanol–water partition coefficient (Wildman–Crippen LogP) is -1.15. The molecule has 2 aromatic carbocycles. The molecular formula is C15H12KNO8S2. The number of aromatic carboxylic acids is 2. The van der Waals surface area contributed by atoms with Crippen molar-refractivity contribution in [1.29, 1.82) is 0 Å². The van der Waals surface area contributed by atoms with Gasteiger partial charge < -0.3 is 14.3 Å². The Bertz CT molecular complexity index is 1090. The minimum atomic E-state index is -4.93. The van der Waals surface area contributed by atoms with Crippen LogP contribution in [0.4, 0.5) is 0 Å². The number of carboxylic acid groups (broad SMARTS) is 2. The van der Waals surface area contributed by atoms with Crippen LogP contribution in [0.25, 0.3) is 4.13 Å². The molecule has 0 bridgehead atoms. The zero-order valence-electron chi connectivity index (χ0n) is 14.1. The number of benzene rings is 2. The fourth-order valence-corrected chi connectivity index (χ4v) is 4.82. The summed E-state index contributed by atoms with van der Waals surface area (Å²) in [5.41, 5.74) is -0.625. The molecule has 0 unspecified atom stereocenters. The zero-order valence-corrected chi connectivity index (χ0v) is 18.9. The monoisotopic (exact) mass is 437 g/mol. The van der Waals surface area contributed by atoms with Gasteiger partial charge in [0.2, 0.25) is 0 Å². The molecule has 138 valence electrons.